The number of furan rings is 1. The number of hydrogen-bond acceptors (Lipinski definition) is 7. The molecule has 0 aliphatic carbocycles. The Balaban J connectivity index is 1.43. The van der Waals surface area contributed by atoms with Crippen LogP contribution in [0.15, 0.2) is 70.0 Å². The third-order valence-electron chi connectivity index (χ3n) is 4.97. The maximum Gasteiger partial charge on any atom is 0.337 e. The lowest BCUT2D eigenvalue weighted by Crippen LogP contribution is -2.36. The Morgan fingerprint density at radius 1 is 1.09 bits per heavy atom. The first-order valence-corrected chi connectivity index (χ1v) is 11.1. The highest BCUT2D eigenvalue weighted by atomic mass is 32.2. The van der Waals surface area contributed by atoms with Gasteiger partial charge < -0.3 is 14.5 Å². The van der Waals surface area contributed by atoms with Crippen molar-refractivity contribution in [2.24, 2.45) is 0 Å². The van der Waals surface area contributed by atoms with Crippen LogP contribution in [-0.4, -0.2) is 41.6 Å². The monoisotopic (exact) mass is 476 g/mol. The smallest absolute Gasteiger partial charge is 0.337 e. The first kappa shape index (κ1) is 23.1. The van der Waals surface area contributed by atoms with E-state index in [1.807, 2.05) is 13.0 Å². The van der Waals surface area contributed by atoms with Crippen LogP contribution < -0.4 is 5.32 Å². The van der Waals surface area contributed by atoms with E-state index in [1.54, 1.807) is 54.6 Å². The highest BCUT2D eigenvalue weighted by molar-refractivity contribution is 8.18. The molecule has 1 N–H and O–H groups in total. The summed E-state index contributed by atoms with van der Waals surface area (Å²) < 4.78 is 10.5. The van der Waals surface area contributed by atoms with Crippen LogP contribution in [0.3, 0.4) is 0 Å². The van der Waals surface area contributed by atoms with Crippen LogP contribution in [0.4, 0.5) is 10.5 Å². The Hall–Kier alpha value is -4.11. The largest absolute Gasteiger partial charge is 0.465 e. The van der Waals surface area contributed by atoms with Gasteiger partial charge in [0.05, 0.1) is 17.6 Å². The minimum absolute atomic E-state index is 0.162. The summed E-state index contributed by atoms with van der Waals surface area (Å²) in [7, 11) is 1.31. The van der Waals surface area contributed by atoms with Crippen molar-refractivity contribution in [2.45, 2.75) is 6.92 Å². The fourth-order valence-electron chi connectivity index (χ4n) is 3.31. The molecule has 0 unspecified atom stereocenters. The molecular weight excluding hydrogens is 456 g/mol. The number of amides is 3. The number of thioether (sulfide) groups is 1. The molecule has 0 spiro atoms. The lowest BCUT2D eigenvalue weighted by Gasteiger charge is -2.12. The fourth-order valence-corrected chi connectivity index (χ4v) is 4.12. The van der Waals surface area contributed by atoms with Crippen molar-refractivity contribution in [2.75, 3.05) is 19.0 Å². The van der Waals surface area contributed by atoms with Crippen molar-refractivity contribution in [1.82, 2.24) is 4.90 Å². The molecule has 3 amide bonds. The molecule has 2 aromatic carbocycles. The van der Waals surface area contributed by atoms with E-state index in [2.05, 4.69) is 10.1 Å². The molecule has 1 aliphatic heterocycles. The summed E-state index contributed by atoms with van der Waals surface area (Å²) in [4.78, 5) is 50.0. The standard InChI is InChI=1S/C25H20N2O6S/c1-15-4-3-5-18(12-15)26-22(28)14-27-23(29)21(34-25(27)31)13-19-10-11-20(33-19)16-6-8-17(9-7-16)24(30)32-2/h3-13H,14H2,1-2H3,(H,26,28)/b21-13+. The number of hydrogen-bond donors (Lipinski definition) is 1. The molecule has 4 rings (SSSR count). The molecule has 1 aliphatic rings. The predicted octanol–water partition coefficient (Wildman–Crippen LogP) is 4.72. The zero-order chi connectivity index (χ0) is 24.2. The SMILES string of the molecule is COC(=O)c1ccc(-c2ccc(/C=C3/SC(=O)N(CC(=O)Nc4cccc(C)c4)C3=O)o2)cc1. The number of methoxy groups -OCH3 is 1. The molecule has 3 aromatic rings. The lowest BCUT2D eigenvalue weighted by molar-refractivity contribution is -0.127. The Bertz CT molecular complexity index is 1310. The van der Waals surface area contributed by atoms with E-state index in [9.17, 15) is 19.2 Å². The molecule has 34 heavy (non-hydrogen) atoms. The highest BCUT2D eigenvalue weighted by Crippen LogP contribution is 2.33. The third-order valence-corrected chi connectivity index (χ3v) is 5.88. The molecule has 0 saturated carbocycles. The van der Waals surface area contributed by atoms with Gasteiger partial charge in [0.15, 0.2) is 0 Å². The van der Waals surface area contributed by atoms with Crippen molar-refractivity contribution >= 4 is 46.5 Å². The van der Waals surface area contributed by atoms with Gasteiger partial charge in [-0.15, -0.1) is 0 Å². The second-order valence-electron chi connectivity index (χ2n) is 7.46. The van der Waals surface area contributed by atoms with E-state index in [1.165, 1.54) is 13.2 Å². The lowest BCUT2D eigenvalue weighted by atomic mass is 10.1. The van der Waals surface area contributed by atoms with Gasteiger partial charge in [-0.05, 0) is 60.6 Å². The fraction of sp³-hybridized carbons (Fsp3) is 0.120. The van der Waals surface area contributed by atoms with Gasteiger partial charge in [0.1, 0.15) is 18.1 Å². The molecular formula is C25H20N2O6S. The van der Waals surface area contributed by atoms with Gasteiger partial charge in [0.2, 0.25) is 5.91 Å². The van der Waals surface area contributed by atoms with Crippen molar-refractivity contribution in [3.8, 4) is 11.3 Å². The maximum atomic E-state index is 12.7. The highest BCUT2D eigenvalue weighted by Gasteiger charge is 2.36. The molecule has 172 valence electrons. The van der Waals surface area contributed by atoms with Gasteiger partial charge >= 0.3 is 5.97 Å². The summed E-state index contributed by atoms with van der Waals surface area (Å²) in [5.74, 6) is -0.559. The number of aryl methyl sites for hydroxylation is 1. The van der Waals surface area contributed by atoms with E-state index in [-0.39, 0.29) is 11.4 Å². The van der Waals surface area contributed by atoms with Gasteiger partial charge in [-0.2, -0.15) is 0 Å². The second kappa shape index (κ2) is 9.80. The van der Waals surface area contributed by atoms with E-state index in [4.69, 9.17) is 4.42 Å². The zero-order valence-electron chi connectivity index (χ0n) is 18.4. The molecule has 8 nitrogen and oxygen atoms in total. The zero-order valence-corrected chi connectivity index (χ0v) is 19.2. The van der Waals surface area contributed by atoms with Crippen molar-refractivity contribution in [1.29, 1.82) is 0 Å². The van der Waals surface area contributed by atoms with E-state index >= 15 is 0 Å². The molecule has 1 saturated heterocycles. The molecule has 9 heteroatoms. The number of imide groups is 1. The predicted molar refractivity (Wildman–Crippen MR) is 128 cm³/mol. The average Bonchev–Trinajstić information content (AvgIpc) is 3.39. The Kier molecular flexibility index (Phi) is 6.65. The summed E-state index contributed by atoms with van der Waals surface area (Å²) in [5, 5.41) is 2.16. The van der Waals surface area contributed by atoms with Crippen LogP contribution in [0, 0.1) is 6.92 Å². The molecule has 0 radical (unpaired) electrons. The molecule has 0 bridgehead atoms. The van der Waals surface area contributed by atoms with Crippen LogP contribution >= 0.6 is 11.8 Å². The summed E-state index contributed by atoms with van der Waals surface area (Å²) in [5.41, 5.74) is 2.71. The first-order chi connectivity index (χ1) is 16.3. The average molecular weight is 477 g/mol. The number of carbonyl (C=O) groups is 4. The second-order valence-corrected chi connectivity index (χ2v) is 8.45. The summed E-state index contributed by atoms with van der Waals surface area (Å²) in [6.07, 6.45) is 1.47. The number of nitrogens with zero attached hydrogens (tertiary/aromatic N) is 1. The number of carbonyl (C=O) groups excluding carboxylic acids is 4. The number of anilines is 1. The quantitative estimate of drug-likeness (QED) is 0.405. The van der Waals surface area contributed by atoms with Gasteiger partial charge in [-0.25, -0.2) is 4.79 Å². The molecule has 0 atom stereocenters. The minimum Gasteiger partial charge on any atom is -0.465 e. The molecule has 2 heterocycles. The third kappa shape index (κ3) is 5.10. The minimum atomic E-state index is -0.560. The van der Waals surface area contributed by atoms with Crippen LogP contribution in [0.5, 0.6) is 0 Å². The number of nitrogens with one attached hydrogen (secondary N) is 1. The van der Waals surface area contributed by atoms with Gasteiger partial charge in [-0.3, -0.25) is 19.3 Å². The van der Waals surface area contributed by atoms with Gasteiger partial charge in [0.25, 0.3) is 11.1 Å². The Labute approximate surface area is 199 Å². The number of rotatable bonds is 6. The van der Waals surface area contributed by atoms with Crippen molar-refractivity contribution in [3.63, 3.8) is 0 Å². The van der Waals surface area contributed by atoms with Gasteiger partial charge in [-0.1, -0.05) is 24.3 Å². The van der Waals surface area contributed by atoms with E-state index < -0.39 is 23.0 Å². The summed E-state index contributed by atoms with van der Waals surface area (Å²) >= 11 is 0.747. The maximum absolute atomic E-state index is 12.7. The summed E-state index contributed by atoms with van der Waals surface area (Å²) in [6.45, 7) is 1.51. The van der Waals surface area contributed by atoms with Crippen LogP contribution in [-0.2, 0) is 14.3 Å². The molecule has 1 aromatic heterocycles. The van der Waals surface area contributed by atoms with E-state index in [0.29, 0.717) is 22.8 Å². The number of ether oxygens (including phenoxy) is 1. The number of esters is 1. The topological polar surface area (TPSA) is 106 Å². The Morgan fingerprint density at radius 2 is 1.85 bits per heavy atom. The van der Waals surface area contributed by atoms with Crippen molar-refractivity contribution < 1.29 is 28.3 Å². The van der Waals surface area contributed by atoms with Crippen LogP contribution in [0.25, 0.3) is 17.4 Å². The number of benzene rings is 2. The van der Waals surface area contributed by atoms with Gasteiger partial charge in [0, 0.05) is 17.3 Å². The molecule has 1 fully saturated rings. The van der Waals surface area contributed by atoms with E-state index in [0.717, 1.165) is 27.8 Å². The first-order valence-electron chi connectivity index (χ1n) is 10.2. The summed E-state index contributed by atoms with van der Waals surface area (Å²) in [6, 6.07) is 17.3. The Morgan fingerprint density at radius 3 is 2.56 bits per heavy atom. The van der Waals surface area contributed by atoms with Crippen LogP contribution in [0.1, 0.15) is 21.7 Å². The van der Waals surface area contributed by atoms with Crippen molar-refractivity contribution in [3.05, 3.63) is 82.5 Å². The normalized spacial score (nSPS) is 14.5. The van der Waals surface area contributed by atoms with Crippen LogP contribution in [0.2, 0.25) is 0 Å².